The van der Waals surface area contributed by atoms with Gasteiger partial charge < -0.3 is 14.9 Å². The number of likely N-dealkylation sites (tertiary alicyclic amines) is 1. The number of nitrogens with zero attached hydrogens (tertiary/aromatic N) is 3. The summed E-state index contributed by atoms with van der Waals surface area (Å²) in [7, 11) is 1.68. The Balaban J connectivity index is 2.61. The molecule has 0 radical (unpaired) electrons. The quantitative estimate of drug-likeness (QED) is 0.842. The lowest BCUT2D eigenvalue weighted by Gasteiger charge is -2.40. The molecule has 0 aromatic rings. The lowest BCUT2D eigenvalue weighted by Crippen LogP contribution is -2.50. The van der Waals surface area contributed by atoms with Crippen LogP contribution in [0, 0.1) is 22.7 Å². The molecule has 1 fully saturated rings. The van der Waals surface area contributed by atoms with E-state index in [-0.39, 0.29) is 11.9 Å². The van der Waals surface area contributed by atoms with Crippen LogP contribution in [0.5, 0.6) is 0 Å². The molecule has 1 N–H and O–H groups in total. The van der Waals surface area contributed by atoms with E-state index in [4.69, 9.17) is 5.26 Å². The predicted molar refractivity (Wildman–Crippen MR) is 78.6 cm³/mol. The van der Waals surface area contributed by atoms with Crippen molar-refractivity contribution in [3.63, 3.8) is 0 Å². The highest BCUT2D eigenvalue weighted by atomic mass is 16.4. The average molecular weight is 295 g/mol. The third-order valence-electron chi connectivity index (χ3n) is 4.27. The molecule has 1 saturated heterocycles. The van der Waals surface area contributed by atoms with Crippen LogP contribution in [0.2, 0.25) is 0 Å². The lowest BCUT2D eigenvalue weighted by atomic mass is 9.75. The summed E-state index contributed by atoms with van der Waals surface area (Å²) in [6.45, 7) is 5.09. The van der Waals surface area contributed by atoms with Crippen LogP contribution >= 0.6 is 0 Å². The van der Waals surface area contributed by atoms with Crippen molar-refractivity contribution in [1.29, 1.82) is 5.26 Å². The van der Waals surface area contributed by atoms with Crippen LogP contribution in [0.3, 0.4) is 0 Å². The van der Waals surface area contributed by atoms with E-state index in [0.717, 1.165) is 6.42 Å². The molecule has 0 bridgehead atoms. The van der Waals surface area contributed by atoms with Crippen LogP contribution in [-0.4, -0.2) is 53.6 Å². The Bertz CT molecular complexity index is 422. The Hall–Kier alpha value is -1.77. The minimum absolute atomic E-state index is 0.118. The molecule has 1 aliphatic heterocycles. The maximum atomic E-state index is 12.3. The van der Waals surface area contributed by atoms with Gasteiger partial charge in [0.2, 0.25) is 0 Å². The second kappa shape index (κ2) is 7.30. The number of piperidine rings is 1. The summed E-state index contributed by atoms with van der Waals surface area (Å²) >= 11 is 0. The maximum Gasteiger partial charge on any atom is 0.319 e. The molecule has 0 aromatic carbocycles. The lowest BCUT2D eigenvalue weighted by molar-refractivity contribution is -0.152. The number of aliphatic carboxylic acids is 1. The van der Waals surface area contributed by atoms with Gasteiger partial charge in [-0.25, -0.2) is 4.79 Å². The van der Waals surface area contributed by atoms with Crippen molar-refractivity contribution in [2.75, 3.05) is 26.7 Å². The topological polar surface area (TPSA) is 84.6 Å². The molecule has 118 valence electrons. The van der Waals surface area contributed by atoms with Gasteiger partial charge in [0.05, 0.1) is 17.4 Å². The van der Waals surface area contributed by atoms with E-state index in [9.17, 15) is 14.7 Å². The molecule has 0 spiro atoms. The first-order chi connectivity index (χ1) is 9.86. The highest BCUT2D eigenvalue weighted by molar-refractivity contribution is 5.77. The molecule has 1 atom stereocenters. The number of nitriles is 1. The van der Waals surface area contributed by atoms with Gasteiger partial charge in [-0.15, -0.1) is 0 Å². The van der Waals surface area contributed by atoms with Gasteiger partial charge in [0.1, 0.15) is 0 Å². The van der Waals surface area contributed by atoms with Gasteiger partial charge in [-0.2, -0.15) is 5.26 Å². The zero-order chi connectivity index (χ0) is 16.0. The van der Waals surface area contributed by atoms with E-state index in [1.54, 1.807) is 23.8 Å². The maximum absolute atomic E-state index is 12.3. The van der Waals surface area contributed by atoms with Crippen molar-refractivity contribution in [3.8, 4) is 6.07 Å². The smallest absolute Gasteiger partial charge is 0.319 e. The molecule has 1 heterocycles. The van der Waals surface area contributed by atoms with Gasteiger partial charge in [-0.3, -0.25) is 4.79 Å². The van der Waals surface area contributed by atoms with Crippen molar-refractivity contribution < 1.29 is 14.7 Å². The number of carbonyl (C=O) groups excluding carboxylic acids is 1. The zero-order valence-electron chi connectivity index (χ0n) is 13.1. The van der Waals surface area contributed by atoms with Crippen LogP contribution in [0.25, 0.3) is 0 Å². The minimum atomic E-state index is -0.747. The fraction of sp³-hybridized carbons (Fsp3) is 0.800. The Labute approximate surface area is 126 Å². The number of carboxylic acids is 1. The monoisotopic (exact) mass is 295 g/mol. The summed E-state index contributed by atoms with van der Waals surface area (Å²) in [5, 5.41) is 18.3. The molecule has 6 nitrogen and oxygen atoms in total. The van der Waals surface area contributed by atoms with E-state index >= 15 is 0 Å². The highest BCUT2D eigenvalue weighted by Crippen LogP contribution is 2.36. The van der Waals surface area contributed by atoms with E-state index < -0.39 is 11.4 Å². The Morgan fingerprint density at radius 3 is 2.43 bits per heavy atom. The predicted octanol–water partition coefficient (Wildman–Crippen LogP) is 2.16. The third kappa shape index (κ3) is 4.10. The normalized spacial score (nSPS) is 18.7. The summed E-state index contributed by atoms with van der Waals surface area (Å²) in [6, 6.07) is 1.99. The highest BCUT2D eigenvalue weighted by Gasteiger charge is 2.41. The van der Waals surface area contributed by atoms with Gasteiger partial charge >= 0.3 is 12.0 Å². The van der Waals surface area contributed by atoms with Crippen molar-refractivity contribution in [2.24, 2.45) is 11.3 Å². The first-order valence-electron chi connectivity index (χ1n) is 7.49. The van der Waals surface area contributed by atoms with E-state index in [0.29, 0.717) is 38.9 Å². The van der Waals surface area contributed by atoms with Crippen LogP contribution in [0.1, 0.15) is 39.5 Å². The molecule has 1 rings (SSSR count). The average Bonchev–Trinajstić information content (AvgIpc) is 2.47. The molecule has 21 heavy (non-hydrogen) atoms. The number of rotatable bonds is 5. The van der Waals surface area contributed by atoms with E-state index in [2.05, 4.69) is 6.07 Å². The standard InChI is InChI=1S/C15H25N3O3/c1-4-5-15(13(19)20)6-8-18(9-7-15)14(21)17(3)11-12(2)10-16/h12H,4-9,11H2,1-3H3,(H,19,20). The summed E-state index contributed by atoms with van der Waals surface area (Å²) < 4.78 is 0. The molecule has 1 aliphatic rings. The van der Waals surface area contributed by atoms with Gasteiger partial charge in [0.15, 0.2) is 0 Å². The Morgan fingerprint density at radius 1 is 1.43 bits per heavy atom. The third-order valence-corrected chi connectivity index (χ3v) is 4.27. The molecular formula is C15H25N3O3. The first kappa shape index (κ1) is 17.3. The largest absolute Gasteiger partial charge is 0.481 e. The summed E-state index contributed by atoms with van der Waals surface area (Å²) in [5.74, 6) is -0.954. The molecule has 0 aliphatic carbocycles. The SMILES string of the molecule is CCCC1(C(=O)O)CCN(C(=O)N(C)CC(C)C#N)CC1. The van der Waals surface area contributed by atoms with Crippen molar-refractivity contribution in [3.05, 3.63) is 0 Å². The van der Waals surface area contributed by atoms with Gasteiger partial charge in [0.25, 0.3) is 0 Å². The molecular weight excluding hydrogens is 270 g/mol. The second-order valence-corrected chi connectivity index (χ2v) is 6.02. The van der Waals surface area contributed by atoms with Crippen molar-refractivity contribution in [2.45, 2.75) is 39.5 Å². The van der Waals surface area contributed by atoms with Crippen molar-refractivity contribution >= 4 is 12.0 Å². The number of amides is 2. The Kier molecular flexibility index (Phi) is 6.01. The number of hydrogen-bond acceptors (Lipinski definition) is 3. The van der Waals surface area contributed by atoms with Gasteiger partial charge in [-0.1, -0.05) is 13.3 Å². The van der Waals surface area contributed by atoms with E-state index in [1.165, 1.54) is 0 Å². The van der Waals surface area contributed by atoms with Gasteiger partial charge in [-0.05, 0) is 26.2 Å². The summed E-state index contributed by atoms with van der Waals surface area (Å²) in [4.78, 5) is 27.0. The fourth-order valence-electron chi connectivity index (χ4n) is 2.95. The molecule has 2 amide bonds. The number of carboxylic acid groups (broad SMARTS) is 1. The van der Waals surface area contributed by atoms with Crippen LogP contribution in [0.4, 0.5) is 4.79 Å². The summed E-state index contributed by atoms with van der Waals surface area (Å²) in [6.07, 6.45) is 2.50. The van der Waals surface area contributed by atoms with Crippen LogP contribution < -0.4 is 0 Å². The Morgan fingerprint density at radius 2 is 2.00 bits per heavy atom. The molecule has 0 aromatic heterocycles. The minimum Gasteiger partial charge on any atom is -0.481 e. The summed E-state index contributed by atoms with van der Waals surface area (Å²) in [5.41, 5.74) is -0.677. The first-order valence-corrected chi connectivity index (χ1v) is 7.49. The van der Waals surface area contributed by atoms with E-state index in [1.807, 2.05) is 6.92 Å². The zero-order valence-corrected chi connectivity index (χ0v) is 13.1. The number of carbonyl (C=O) groups is 2. The fourth-order valence-corrected chi connectivity index (χ4v) is 2.95. The second-order valence-electron chi connectivity index (χ2n) is 6.02. The molecule has 0 saturated carbocycles. The number of hydrogen-bond donors (Lipinski definition) is 1. The van der Waals surface area contributed by atoms with Crippen molar-refractivity contribution in [1.82, 2.24) is 9.80 Å². The number of urea groups is 1. The van der Waals surface area contributed by atoms with Crippen LogP contribution in [-0.2, 0) is 4.79 Å². The van der Waals surface area contributed by atoms with Crippen LogP contribution in [0.15, 0.2) is 0 Å². The van der Waals surface area contributed by atoms with Gasteiger partial charge in [0, 0.05) is 26.7 Å². The molecule has 6 heteroatoms. The molecule has 1 unspecified atom stereocenters.